The van der Waals surface area contributed by atoms with Crippen molar-refractivity contribution in [3.8, 4) is 0 Å². The fraction of sp³-hybridized carbons (Fsp3) is 0.900. The third kappa shape index (κ3) is 3.44. The van der Waals surface area contributed by atoms with Crippen LogP contribution in [0, 0.1) is 10.8 Å². The van der Waals surface area contributed by atoms with Gasteiger partial charge in [-0.2, -0.15) is 0 Å². The van der Waals surface area contributed by atoms with Gasteiger partial charge in [-0.1, -0.05) is 6.92 Å². The van der Waals surface area contributed by atoms with Gasteiger partial charge < -0.3 is 19.6 Å². The lowest BCUT2D eigenvalue weighted by atomic mass is 9.62. The van der Waals surface area contributed by atoms with Gasteiger partial charge in [0.15, 0.2) is 0 Å². The van der Waals surface area contributed by atoms with Crippen molar-refractivity contribution >= 4 is 12.0 Å². The zero-order valence-corrected chi connectivity index (χ0v) is 16.7. The molecule has 1 N–H and O–H groups in total. The number of carbonyl (C=O) groups excluding carboxylic acids is 1. The quantitative estimate of drug-likeness (QED) is 0.807. The van der Waals surface area contributed by atoms with Gasteiger partial charge in [0.2, 0.25) is 5.91 Å². The van der Waals surface area contributed by atoms with Gasteiger partial charge in [0.25, 0.3) is 0 Å². The molecule has 3 saturated heterocycles. The van der Waals surface area contributed by atoms with Crippen LogP contribution in [0.15, 0.2) is 0 Å². The van der Waals surface area contributed by atoms with E-state index < -0.39 is 6.09 Å². The predicted molar refractivity (Wildman–Crippen MR) is 101 cm³/mol. The maximum atomic E-state index is 12.3. The second kappa shape index (κ2) is 6.92. The number of hydrogen-bond donors (Lipinski definition) is 1. The van der Waals surface area contributed by atoms with E-state index in [0.29, 0.717) is 25.2 Å². The highest BCUT2D eigenvalue weighted by Gasteiger charge is 2.54. The number of carboxylic acid groups (broad SMARTS) is 1. The lowest BCUT2D eigenvalue weighted by Gasteiger charge is -2.54. The number of ether oxygens (including phenoxy) is 1. The summed E-state index contributed by atoms with van der Waals surface area (Å²) < 4.78 is 5.36. The molecule has 7 nitrogen and oxygen atoms in total. The highest BCUT2D eigenvalue weighted by molar-refractivity contribution is 5.73. The lowest BCUT2D eigenvalue weighted by Crippen LogP contribution is -2.60. The summed E-state index contributed by atoms with van der Waals surface area (Å²) in [5, 5.41) is 9.29. The second-order valence-electron chi connectivity index (χ2n) is 9.59. The van der Waals surface area contributed by atoms with Gasteiger partial charge in [-0.3, -0.25) is 9.69 Å². The smallest absolute Gasteiger partial charge is 0.407 e. The van der Waals surface area contributed by atoms with Crippen LogP contribution in [0.5, 0.6) is 0 Å². The van der Waals surface area contributed by atoms with Crippen molar-refractivity contribution in [3.05, 3.63) is 0 Å². The highest BCUT2D eigenvalue weighted by Crippen LogP contribution is 2.51. The first kappa shape index (κ1) is 19.0. The first-order chi connectivity index (χ1) is 12.8. The molecule has 2 unspecified atom stereocenters. The average Bonchev–Trinajstić information content (AvgIpc) is 3.06. The van der Waals surface area contributed by atoms with Gasteiger partial charge in [0.1, 0.15) is 0 Å². The Labute approximate surface area is 161 Å². The average molecular weight is 380 g/mol. The van der Waals surface area contributed by atoms with Crippen molar-refractivity contribution in [2.24, 2.45) is 10.8 Å². The molecular weight excluding hydrogens is 346 g/mol. The topological polar surface area (TPSA) is 73.3 Å². The minimum Gasteiger partial charge on any atom is -0.465 e. The molecule has 152 valence electrons. The van der Waals surface area contributed by atoms with Gasteiger partial charge >= 0.3 is 6.09 Å². The van der Waals surface area contributed by atoms with Crippen LogP contribution in [-0.4, -0.2) is 89.8 Å². The molecule has 0 aromatic rings. The molecule has 1 spiro atoms. The summed E-state index contributed by atoms with van der Waals surface area (Å²) in [5.41, 5.74) is 0.299. The van der Waals surface area contributed by atoms with Crippen LogP contribution in [0.4, 0.5) is 4.79 Å². The molecular formula is C20H33N3O4. The van der Waals surface area contributed by atoms with Gasteiger partial charge in [-0.05, 0) is 32.1 Å². The van der Waals surface area contributed by atoms with E-state index in [9.17, 15) is 14.7 Å². The summed E-state index contributed by atoms with van der Waals surface area (Å²) in [4.78, 5) is 29.8. The Morgan fingerprint density at radius 2 is 1.85 bits per heavy atom. The van der Waals surface area contributed by atoms with Crippen LogP contribution >= 0.6 is 0 Å². The van der Waals surface area contributed by atoms with Gasteiger partial charge in [0.05, 0.1) is 13.2 Å². The largest absolute Gasteiger partial charge is 0.465 e. The molecule has 27 heavy (non-hydrogen) atoms. The Morgan fingerprint density at radius 1 is 1.15 bits per heavy atom. The SMILES string of the molecule is CC(=O)N(CC1(C)COC1)C1CCN(C2CCC23CCN(C(=O)O)C3)CC1. The maximum Gasteiger partial charge on any atom is 0.407 e. The number of piperidine rings is 1. The van der Waals surface area contributed by atoms with Crippen molar-refractivity contribution in [1.82, 2.24) is 14.7 Å². The second-order valence-corrected chi connectivity index (χ2v) is 9.59. The van der Waals surface area contributed by atoms with E-state index in [-0.39, 0.29) is 16.7 Å². The normalized spacial score (nSPS) is 33.6. The number of hydrogen-bond acceptors (Lipinski definition) is 4. The molecule has 7 heteroatoms. The first-order valence-corrected chi connectivity index (χ1v) is 10.4. The number of amides is 2. The fourth-order valence-electron chi connectivity index (χ4n) is 5.75. The first-order valence-electron chi connectivity index (χ1n) is 10.4. The molecule has 2 atom stereocenters. The van der Waals surface area contributed by atoms with Crippen LogP contribution in [0.3, 0.4) is 0 Å². The number of carbonyl (C=O) groups is 2. The summed E-state index contributed by atoms with van der Waals surface area (Å²) in [6.07, 6.45) is 4.60. The summed E-state index contributed by atoms with van der Waals surface area (Å²) in [5.74, 6) is 0.176. The molecule has 0 aromatic carbocycles. The van der Waals surface area contributed by atoms with E-state index >= 15 is 0 Å². The molecule has 3 aliphatic heterocycles. The summed E-state index contributed by atoms with van der Waals surface area (Å²) in [6, 6.07) is 0.845. The number of rotatable bonds is 4. The Bertz CT molecular complexity index is 600. The molecule has 0 radical (unpaired) electrons. The van der Waals surface area contributed by atoms with Crippen molar-refractivity contribution in [2.45, 2.75) is 58.0 Å². The zero-order chi connectivity index (χ0) is 19.2. The fourth-order valence-corrected chi connectivity index (χ4v) is 5.75. The third-order valence-electron chi connectivity index (χ3n) is 7.52. The predicted octanol–water partition coefficient (Wildman–Crippen LogP) is 1.87. The van der Waals surface area contributed by atoms with E-state index in [1.807, 2.05) is 0 Å². The Morgan fingerprint density at radius 3 is 2.30 bits per heavy atom. The van der Waals surface area contributed by atoms with Crippen molar-refractivity contribution in [2.75, 3.05) is 45.9 Å². The number of likely N-dealkylation sites (tertiary alicyclic amines) is 2. The van der Waals surface area contributed by atoms with Crippen molar-refractivity contribution in [1.29, 1.82) is 0 Å². The zero-order valence-electron chi connectivity index (χ0n) is 16.7. The van der Waals surface area contributed by atoms with Gasteiger partial charge in [-0.25, -0.2) is 4.79 Å². The Kier molecular flexibility index (Phi) is 4.87. The standard InChI is InChI=1S/C20H33N3O4/c1-15(24)23(11-19(2)13-27-14-19)16-4-8-21(9-5-16)17-3-6-20(17)7-10-22(12-20)18(25)26/h16-17H,3-14H2,1-2H3,(H,25,26). The van der Waals surface area contributed by atoms with Crippen LogP contribution in [0.25, 0.3) is 0 Å². The van der Waals surface area contributed by atoms with Crippen molar-refractivity contribution in [3.63, 3.8) is 0 Å². The molecule has 4 aliphatic rings. The van der Waals surface area contributed by atoms with Gasteiger partial charge in [0, 0.05) is 62.6 Å². The summed E-state index contributed by atoms with van der Waals surface area (Å²) >= 11 is 0. The molecule has 0 aromatic heterocycles. The van der Waals surface area contributed by atoms with Gasteiger partial charge in [-0.15, -0.1) is 0 Å². The monoisotopic (exact) mass is 379 g/mol. The van der Waals surface area contributed by atoms with E-state index in [4.69, 9.17) is 4.74 Å². The molecule has 1 saturated carbocycles. The van der Waals surface area contributed by atoms with E-state index in [1.165, 1.54) is 6.42 Å². The minimum absolute atomic E-state index is 0.116. The Balaban J connectivity index is 1.33. The molecule has 3 heterocycles. The third-order valence-corrected chi connectivity index (χ3v) is 7.52. The molecule has 1 aliphatic carbocycles. The van der Waals surface area contributed by atoms with Crippen molar-refractivity contribution < 1.29 is 19.4 Å². The molecule has 4 rings (SSSR count). The Hall–Kier alpha value is -1.34. The number of nitrogens with zero attached hydrogens (tertiary/aromatic N) is 3. The van der Waals surface area contributed by atoms with Crippen LogP contribution in [0.2, 0.25) is 0 Å². The van der Waals surface area contributed by atoms with Crippen LogP contribution in [0.1, 0.15) is 46.0 Å². The maximum absolute atomic E-state index is 12.3. The van der Waals surface area contributed by atoms with Crippen LogP contribution < -0.4 is 0 Å². The summed E-state index contributed by atoms with van der Waals surface area (Å²) in [6.45, 7) is 9.60. The van der Waals surface area contributed by atoms with E-state index in [2.05, 4.69) is 16.7 Å². The lowest BCUT2D eigenvalue weighted by molar-refractivity contribution is -0.148. The van der Waals surface area contributed by atoms with E-state index in [1.54, 1.807) is 11.8 Å². The molecule has 4 fully saturated rings. The highest BCUT2D eigenvalue weighted by atomic mass is 16.5. The summed E-state index contributed by atoms with van der Waals surface area (Å²) in [7, 11) is 0. The molecule has 0 bridgehead atoms. The van der Waals surface area contributed by atoms with Crippen LogP contribution in [-0.2, 0) is 9.53 Å². The molecule has 2 amide bonds. The van der Waals surface area contributed by atoms with E-state index in [0.717, 1.165) is 58.5 Å². The minimum atomic E-state index is -0.776.